The third-order valence-corrected chi connectivity index (χ3v) is 11.2. The van der Waals surface area contributed by atoms with E-state index < -0.39 is 15.8 Å². The van der Waals surface area contributed by atoms with E-state index in [4.69, 9.17) is 14.6 Å². The quantitative estimate of drug-likeness (QED) is 0.240. The van der Waals surface area contributed by atoms with Crippen molar-refractivity contribution >= 4 is 33.3 Å². The fourth-order valence-electron chi connectivity index (χ4n) is 7.67. The van der Waals surface area contributed by atoms with E-state index in [1.54, 1.807) is 19.1 Å². The van der Waals surface area contributed by atoms with E-state index in [2.05, 4.69) is 23.1 Å². The molecule has 3 aliphatic rings. The standard InChI is InChI=1S/C37H52N4O6S/c1-24-30-22-27(46-7)16-18-28(30)34-33(25-13-9-8-10-14-25)29-17-15-26(36(43)47-37(2,3)4)21-32(29)41(34)23-31(24)35(42)39(5)19-11-12-20-40(6)48(38,44)45/h15-18,21-22,25,33-34H,8-14,19-20,23H2,1-7H3,(H2,38,44,45). The summed E-state index contributed by atoms with van der Waals surface area (Å²) in [5, 5.41) is 5.23. The van der Waals surface area contributed by atoms with Crippen LogP contribution in [0.1, 0.15) is 112 Å². The molecule has 1 amide bonds. The molecule has 2 atom stereocenters. The lowest BCUT2D eigenvalue weighted by atomic mass is 9.72. The molecule has 2 aromatic rings. The highest BCUT2D eigenvalue weighted by atomic mass is 32.2. The smallest absolute Gasteiger partial charge is 0.338 e. The molecule has 1 saturated carbocycles. The van der Waals surface area contributed by atoms with E-state index in [1.165, 1.54) is 31.9 Å². The number of likely N-dealkylation sites (N-methyl/N-ethyl adjacent to an activating group) is 1. The predicted molar refractivity (Wildman–Crippen MR) is 189 cm³/mol. The van der Waals surface area contributed by atoms with Gasteiger partial charge < -0.3 is 19.3 Å². The molecule has 10 nitrogen and oxygen atoms in total. The number of fused-ring (bicyclic) bond motifs is 5. The van der Waals surface area contributed by atoms with E-state index in [-0.39, 0.29) is 30.4 Å². The van der Waals surface area contributed by atoms with Gasteiger partial charge in [0.1, 0.15) is 11.4 Å². The van der Waals surface area contributed by atoms with Gasteiger partial charge in [-0.05, 0) is 106 Å². The first-order valence-electron chi connectivity index (χ1n) is 17.1. The van der Waals surface area contributed by atoms with E-state index in [9.17, 15) is 18.0 Å². The number of carbonyl (C=O) groups excluding carboxylic acids is 2. The average molecular weight is 681 g/mol. The lowest BCUT2D eigenvalue weighted by molar-refractivity contribution is -0.125. The Morgan fingerprint density at radius 3 is 2.29 bits per heavy atom. The monoisotopic (exact) mass is 680 g/mol. The summed E-state index contributed by atoms with van der Waals surface area (Å²) in [7, 11) is 1.16. The number of anilines is 1. The molecule has 2 aromatic carbocycles. The topological polar surface area (TPSA) is 122 Å². The maximum absolute atomic E-state index is 14.3. The Morgan fingerprint density at radius 1 is 0.979 bits per heavy atom. The summed E-state index contributed by atoms with van der Waals surface area (Å²) in [6, 6.07) is 12.2. The normalized spacial score (nSPS) is 19.8. The van der Waals surface area contributed by atoms with Crippen molar-refractivity contribution in [2.24, 2.45) is 11.1 Å². The molecule has 0 aromatic heterocycles. The zero-order valence-corrected chi connectivity index (χ0v) is 30.4. The van der Waals surface area contributed by atoms with Crippen molar-refractivity contribution in [3.05, 3.63) is 64.2 Å². The maximum Gasteiger partial charge on any atom is 0.338 e. The van der Waals surface area contributed by atoms with Crippen molar-refractivity contribution in [3.8, 4) is 5.75 Å². The van der Waals surface area contributed by atoms with Gasteiger partial charge in [0.25, 0.3) is 16.1 Å². The minimum atomic E-state index is -3.75. The van der Waals surface area contributed by atoms with Crippen molar-refractivity contribution in [1.29, 1.82) is 0 Å². The van der Waals surface area contributed by atoms with Gasteiger partial charge in [-0.15, -0.1) is 0 Å². The number of nitrogens with two attached hydrogens (primary N) is 1. The molecule has 262 valence electrons. The summed E-state index contributed by atoms with van der Waals surface area (Å²) in [6.07, 6.45) is 7.14. The molecule has 11 heteroatoms. The van der Waals surface area contributed by atoms with Gasteiger partial charge in [0, 0.05) is 50.9 Å². The molecule has 2 N–H and O–H groups in total. The van der Waals surface area contributed by atoms with E-state index in [0.29, 0.717) is 43.0 Å². The lowest BCUT2D eigenvalue weighted by Crippen LogP contribution is -2.36. The Balaban J connectivity index is 1.55. The molecule has 2 aliphatic heterocycles. The minimum absolute atomic E-state index is 0.0165. The van der Waals surface area contributed by atoms with E-state index in [0.717, 1.165) is 45.3 Å². The highest BCUT2D eigenvalue weighted by molar-refractivity contribution is 7.86. The van der Waals surface area contributed by atoms with Gasteiger partial charge in [-0.3, -0.25) is 4.79 Å². The minimum Gasteiger partial charge on any atom is -0.497 e. The van der Waals surface area contributed by atoms with Gasteiger partial charge in [0.15, 0.2) is 0 Å². The van der Waals surface area contributed by atoms with Crippen molar-refractivity contribution in [3.63, 3.8) is 0 Å². The van der Waals surface area contributed by atoms with Crippen molar-refractivity contribution < 1.29 is 27.5 Å². The second kappa shape index (κ2) is 14.2. The van der Waals surface area contributed by atoms with Gasteiger partial charge in [0.2, 0.25) is 0 Å². The fourth-order valence-corrected chi connectivity index (χ4v) is 8.05. The number of methoxy groups -OCH3 is 1. The highest BCUT2D eigenvalue weighted by Gasteiger charge is 2.47. The largest absolute Gasteiger partial charge is 0.497 e. The second-order valence-electron chi connectivity index (χ2n) is 14.6. The molecule has 0 bridgehead atoms. The molecule has 2 unspecified atom stereocenters. The molecular weight excluding hydrogens is 628 g/mol. The maximum atomic E-state index is 14.3. The Morgan fingerprint density at radius 2 is 1.65 bits per heavy atom. The molecule has 5 rings (SSSR count). The fraction of sp³-hybridized carbons (Fsp3) is 0.568. The average Bonchev–Trinajstić information content (AvgIpc) is 3.30. The summed E-state index contributed by atoms with van der Waals surface area (Å²) in [6.45, 7) is 8.77. The third kappa shape index (κ3) is 7.58. The lowest BCUT2D eigenvalue weighted by Gasteiger charge is -2.36. The number of carbonyl (C=O) groups is 2. The van der Waals surface area contributed by atoms with Crippen LogP contribution in [0.25, 0.3) is 5.57 Å². The van der Waals surface area contributed by atoms with Crippen LogP contribution in [-0.2, 0) is 19.7 Å². The molecule has 0 radical (unpaired) electrons. The Bertz CT molecular complexity index is 1670. The summed E-state index contributed by atoms with van der Waals surface area (Å²) >= 11 is 0. The third-order valence-electron chi connectivity index (χ3n) is 10.2. The van der Waals surface area contributed by atoms with Gasteiger partial charge in [-0.25, -0.2) is 9.93 Å². The number of nitrogens with zero attached hydrogens (tertiary/aromatic N) is 3. The van der Waals surface area contributed by atoms with Crippen LogP contribution in [-0.4, -0.2) is 75.9 Å². The number of ether oxygens (including phenoxy) is 2. The van der Waals surface area contributed by atoms with E-state index in [1.807, 2.05) is 45.9 Å². The summed E-state index contributed by atoms with van der Waals surface area (Å²) in [4.78, 5) is 31.7. The first-order valence-corrected chi connectivity index (χ1v) is 18.6. The van der Waals surface area contributed by atoms with Crippen LogP contribution in [0.15, 0.2) is 42.0 Å². The van der Waals surface area contributed by atoms with Crippen LogP contribution in [0.4, 0.5) is 5.69 Å². The number of rotatable bonds is 10. The van der Waals surface area contributed by atoms with E-state index >= 15 is 0 Å². The number of unbranched alkanes of at least 4 members (excludes halogenated alkanes) is 1. The molecular formula is C37H52N4O6S. The van der Waals surface area contributed by atoms with Crippen LogP contribution in [0, 0.1) is 5.92 Å². The van der Waals surface area contributed by atoms with Crippen LogP contribution in [0.5, 0.6) is 5.75 Å². The molecule has 1 aliphatic carbocycles. The Kier molecular flexibility index (Phi) is 10.6. The summed E-state index contributed by atoms with van der Waals surface area (Å²) in [5.41, 5.74) is 5.85. The molecule has 1 fully saturated rings. The predicted octanol–water partition coefficient (Wildman–Crippen LogP) is 6.04. The molecule has 0 saturated heterocycles. The number of esters is 1. The Labute approximate surface area is 286 Å². The number of hydrogen-bond acceptors (Lipinski definition) is 7. The molecule has 0 spiro atoms. The van der Waals surface area contributed by atoms with Gasteiger partial charge in [0.05, 0.1) is 18.7 Å². The van der Waals surface area contributed by atoms with Gasteiger partial charge in [-0.1, -0.05) is 31.4 Å². The van der Waals surface area contributed by atoms with Crippen LogP contribution >= 0.6 is 0 Å². The van der Waals surface area contributed by atoms with Crippen molar-refractivity contribution in [1.82, 2.24) is 9.21 Å². The number of hydrogen-bond donors (Lipinski definition) is 1. The Hall–Kier alpha value is -3.41. The van der Waals surface area contributed by atoms with Crippen LogP contribution in [0.2, 0.25) is 0 Å². The first kappa shape index (κ1) is 35.9. The second-order valence-corrected chi connectivity index (χ2v) is 16.3. The zero-order chi connectivity index (χ0) is 35.0. The SMILES string of the molecule is COc1ccc2c(c1)C(C)=C(C(=O)N(C)CCCCN(C)S(N)(=O)=O)CN1c3cc(C(=O)OC(C)(C)C)ccc3C(C3CCCCC3)C21. The summed E-state index contributed by atoms with van der Waals surface area (Å²) in [5.74, 6) is 0.977. The number of allylic oxidation sites excluding steroid dienone is 1. The summed E-state index contributed by atoms with van der Waals surface area (Å²) < 4.78 is 35.8. The zero-order valence-electron chi connectivity index (χ0n) is 29.5. The van der Waals surface area contributed by atoms with Gasteiger partial charge in [-0.2, -0.15) is 12.7 Å². The molecule has 48 heavy (non-hydrogen) atoms. The number of benzene rings is 2. The van der Waals surface area contributed by atoms with Crippen LogP contribution < -0.4 is 14.8 Å². The first-order chi connectivity index (χ1) is 22.6. The number of amides is 1. The highest BCUT2D eigenvalue weighted by Crippen LogP contribution is 2.57. The van der Waals surface area contributed by atoms with Crippen LogP contribution in [0.3, 0.4) is 0 Å². The molecule has 2 heterocycles. The van der Waals surface area contributed by atoms with Gasteiger partial charge >= 0.3 is 5.97 Å². The van der Waals surface area contributed by atoms with Crippen molar-refractivity contribution in [2.75, 3.05) is 45.7 Å². The van der Waals surface area contributed by atoms with Crippen molar-refractivity contribution in [2.45, 2.75) is 90.2 Å².